The Morgan fingerprint density at radius 1 is 0.583 bits per heavy atom. The lowest BCUT2D eigenvalue weighted by Crippen LogP contribution is -1.83. The minimum absolute atomic E-state index is 1.07. The van der Waals surface area contributed by atoms with Crippen LogP contribution in [0.4, 0.5) is 0 Å². The molecule has 0 radical (unpaired) electrons. The van der Waals surface area contributed by atoms with E-state index < -0.39 is 0 Å². The lowest BCUT2D eigenvalue weighted by Gasteiger charge is -2.06. The molecular formula is C24H28. The predicted octanol–water partition coefficient (Wildman–Crippen LogP) is 7.29. The maximum Gasteiger partial charge on any atom is -0.00134 e. The standard InChI is InChI=1S/C20H16.2C2H6/c1-14-6-8-15(9-7-14)16-10-11-18-12-17-4-2-3-5-19(17)20(18)13-16;2*1-2/h2-11,13H,12H2,1H3;2*1-2H3. The van der Waals surface area contributed by atoms with Gasteiger partial charge in [-0.05, 0) is 52.8 Å². The van der Waals surface area contributed by atoms with Crippen LogP contribution in [0.3, 0.4) is 0 Å². The molecule has 0 N–H and O–H groups in total. The molecule has 0 unspecified atom stereocenters. The third-order valence-electron chi connectivity index (χ3n) is 4.18. The normalized spacial score (nSPS) is 10.5. The van der Waals surface area contributed by atoms with Gasteiger partial charge in [0, 0.05) is 0 Å². The van der Waals surface area contributed by atoms with Crippen molar-refractivity contribution in [3.63, 3.8) is 0 Å². The van der Waals surface area contributed by atoms with Gasteiger partial charge >= 0.3 is 0 Å². The van der Waals surface area contributed by atoms with Crippen LogP contribution < -0.4 is 0 Å². The van der Waals surface area contributed by atoms with Crippen LogP contribution in [0.25, 0.3) is 22.3 Å². The van der Waals surface area contributed by atoms with Crippen LogP contribution in [0.1, 0.15) is 44.4 Å². The van der Waals surface area contributed by atoms with Crippen LogP contribution >= 0.6 is 0 Å². The molecular weight excluding hydrogens is 288 g/mol. The minimum atomic E-state index is 1.07. The molecule has 0 aromatic heterocycles. The molecule has 4 rings (SSSR count). The summed E-state index contributed by atoms with van der Waals surface area (Å²) in [6, 6.07) is 24.4. The highest BCUT2D eigenvalue weighted by molar-refractivity contribution is 5.81. The van der Waals surface area contributed by atoms with Crippen LogP contribution in [0, 0.1) is 6.92 Å². The Morgan fingerprint density at radius 2 is 1.17 bits per heavy atom. The maximum absolute atomic E-state index is 2.34. The molecule has 0 atom stereocenters. The summed E-state index contributed by atoms with van der Waals surface area (Å²) < 4.78 is 0. The van der Waals surface area contributed by atoms with Gasteiger partial charge in [0.25, 0.3) is 0 Å². The number of hydrogen-bond acceptors (Lipinski definition) is 0. The first kappa shape index (κ1) is 18.0. The number of aryl methyl sites for hydroxylation is 1. The van der Waals surface area contributed by atoms with Gasteiger partial charge in [-0.25, -0.2) is 0 Å². The van der Waals surface area contributed by atoms with E-state index >= 15 is 0 Å². The number of rotatable bonds is 1. The van der Waals surface area contributed by atoms with Gasteiger partial charge in [0.05, 0.1) is 0 Å². The second-order valence-electron chi connectivity index (χ2n) is 5.57. The van der Waals surface area contributed by atoms with Crippen molar-refractivity contribution >= 4 is 0 Å². The van der Waals surface area contributed by atoms with Gasteiger partial charge in [0.1, 0.15) is 0 Å². The van der Waals surface area contributed by atoms with Crippen LogP contribution in [-0.4, -0.2) is 0 Å². The quantitative estimate of drug-likeness (QED) is 0.346. The van der Waals surface area contributed by atoms with Crippen molar-refractivity contribution in [3.8, 4) is 22.3 Å². The molecule has 3 aromatic carbocycles. The first-order valence-electron chi connectivity index (χ1n) is 9.09. The average molecular weight is 316 g/mol. The lowest BCUT2D eigenvalue weighted by molar-refractivity contribution is 1.26. The molecule has 0 fully saturated rings. The molecule has 0 nitrogen and oxygen atoms in total. The molecule has 24 heavy (non-hydrogen) atoms. The number of hydrogen-bond donors (Lipinski definition) is 0. The zero-order chi connectivity index (χ0) is 17.5. The highest BCUT2D eigenvalue weighted by Crippen LogP contribution is 2.38. The Kier molecular flexibility index (Phi) is 6.37. The zero-order valence-corrected chi connectivity index (χ0v) is 15.6. The predicted molar refractivity (Wildman–Crippen MR) is 108 cm³/mol. The van der Waals surface area contributed by atoms with Gasteiger partial charge in [-0.2, -0.15) is 0 Å². The first-order valence-corrected chi connectivity index (χ1v) is 9.09. The molecule has 1 aliphatic carbocycles. The van der Waals surface area contributed by atoms with Crippen LogP contribution in [0.15, 0.2) is 66.7 Å². The first-order chi connectivity index (χ1) is 11.8. The molecule has 124 valence electrons. The van der Waals surface area contributed by atoms with Gasteiger partial charge in [0.15, 0.2) is 0 Å². The Hall–Kier alpha value is -2.34. The van der Waals surface area contributed by atoms with Crippen LogP contribution in [0.5, 0.6) is 0 Å². The molecule has 0 saturated heterocycles. The summed E-state index contributed by atoms with van der Waals surface area (Å²) in [5.74, 6) is 0. The SMILES string of the molecule is CC.CC.Cc1ccc(-c2ccc3c(c2)-c2ccccc2C3)cc1. The van der Waals surface area contributed by atoms with E-state index in [1.165, 1.54) is 38.9 Å². The van der Waals surface area contributed by atoms with Gasteiger partial charge in [-0.3, -0.25) is 0 Å². The van der Waals surface area contributed by atoms with E-state index in [0.717, 1.165) is 6.42 Å². The topological polar surface area (TPSA) is 0 Å². The van der Waals surface area contributed by atoms with Crippen LogP contribution in [0.2, 0.25) is 0 Å². The molecule has 0 heterocycles. The maximum atomic E-state index is 2.34. The van der Waals surface area contributed by atoms with Gasteiger partial charge < -0.3 is 0 Å². The van der Waals surface area contributed by atoms with Gasteiger partial charge in [0.2, 0.25) is 0 Å². The molecule has 1 aliphatic rings. The second-order valence-corrected chi connectivity index (χ2v) is 5.57. The van der Waals surface area contributed by atoms with E-state index in [1.807, 2.05) is 27.7 Å². The molecule has 0 spiro atoms. The average Bonchev–Trinajstić information content (AvgIpc) is 3.03. The van der Waals surface area contributed by atoms with E-state index in [4.69, 9.17) is 0 Å². The van der Waals surface area contributed by atoms with Crippen molar-refractivity contribution in [1.82, 2.24) is 0 Å². The minimum Gasteiger partial charge on any atom is -0.0683 e. The van der Waals surface area contributed by atoms with Gasteiger partial charge in [-0.1, -0.05) is 93.9 Å². The molecule has 0 heteroatoms. The molecule has 0 amide bonds. The summed E-state index contributed by atoms with van der Waals surface area (Å²) in [6.45, 7) is 10.1. The Balaban J connectivity index is 0.000000487. The summed E-state index contributed by atoms with van der Waals surface area (Å²) in [5, 5.41) is 0. The van der Waals surface area contributed by atoms with Crippen molar-refractivity contribution in [2.24, 2.45) is 0 Å². The lowest BCUT2D eigenvalue weighted by atomic mass is 9.98. The largest absolute Gasteiger partial charge is 0.0683 e. The van der Waals surface area contributed by atoms with E-state index in [-0.39, 0.29) is 0 Å². The molecule has 0 saturated carbocycles. The zero-order valence-electron chi connectivity index (χ0n) is 15.6. The summed E-state index contributed by atoms with van der Waals surface area (Å²) in [5.41, 5.74) is 9.60. The van der Waals surface area contributed by atoms with E-state index in [1.54, 1.807) is 0 Å². The fourth-order valence-electron chi connectivity index (χ4n) is 3.05. The van der Waals surface area contributed by atoms with Crippen molar-refractivity contribution in [2.75, 3.05) is 0 Å². The van der Waals surface area contributed by atoms with Crippen LogP contribution in [-0.2, 0) is 6.42 Å². The number of fused-ring (bicyclic) bond motifs is 3. The van der Waals surface area contributed by atoms with Crippen molar-refractivity contribution < 1.29 is 0 Å². The monoisotopic (exact) mass is 316 g/mol. The summed E-state index contributed by atoms with van der Waals surface area (Å²) in [7, 11) is 0. The fourth-order valence-corrected chi connectivity index (χ4v) is 3.05. The molecule has 3 aromatic rings. The second kappa shape index (κ2) is 8.49. The highest BCUT2D eigenvalue weighted by atomic mass is 14.2. The Morgan fingerprint density at radius 3 is 1.88 bits per heavy atom. The van der Waals surface area contributed by atoms with Crippen molar-refractivity contribution in [1.29, 1.82) is 0 Å². The smallest absolute Gasteiger partial charge is 0.00134 e. The summed E-state index contributed by atoms with van der Waals surface area (Å²) >= 11 is 0. The summed E-state index contributed by atoms with van der Waals surface area (Å²) in [6.07, 6.45) is 1.07. The van der Waals surface area contributed by atoms with Crippen molar-refractivity contribution in [2.45, 2.75) is 41.0 Å². The molecule has 0 bridgehead atoms. The summed E-state index contributed by atoms with van der Waals surface area (Å²) in [4.78, 5) is 0. The Bertz CT molecular complexity index is 779. The third kappa shape index (κ3) is 3.59. The van der Waals surface area contributed by atoms with E-state index in [0.29, 0.717) is 0 Å². The van der Waals surface area contributed by atoms with Gasteiger partial charge in [-0.15, -0.1) is 0 Å². The third-order valence-corrected chi connectivity index (χ3v) is 4.18. The van der Waals surface area contributed by atoms with E-state index in [2.05, 4.69) is 73.7 Å². The van der Waals surface area contributed by atoms with E-state index in [9.17, 15) is 0 Å². The van der Waals surface area contributed by atoms with Crippen molar-refractivity contribution in [3.05, 3.63) is 83.4 Å². The number of benzene rings is 3. The Labute approximate surface area is 147 Å². The highest BCUT2D eigenvalue weighted by Gasteiger charge is 2.17. The fraction of sp³-hybridized carbons (Fsp3) is 0.250. The molecule has 0 aliphatic heterocycles.